The van der Waals surface area contributed by atoms with Crippen LogP contribution in [0.5, 0.6) is 0 Å². The highest BCUT2D eigenvalue weighted by Crippen LogP contribution is 2.34. The number of para-hydroxylation sites is 1. The Morgan fingerprint density at radius 2 is 1.69 bits per heavy atom. The lowest BCUT2D eigenvalue weighted by Gasteiger charge is -2.16. The van der Waals surface area contributed by atoms with Crippen LogP contribution in [0.4, 0.5) is 18.9 Å². The molecule has 0 saturated carbocycles. The van der Waals surface area contributed by atoms with Crippen molar-refractivity contribution in [2.24, 2.45) is 0 Å². The molecule has 0 radical (unpaired) electrons. The highest BCUT2D eigenvalue weighted by atomic mass is 19.4. The summed E-state index contributed by atoms with van der Waals surface area (Å²) in [4.78, 5) is 30.3. The van der Waals surface area contributed by atoms with E-state index in [9.17, 15) is 22.8 Å². The first-order valence-electron chi connectivity index (χ1n) is 8.08. The van der Waals surface area contributed by atoms with Crippen LogP contribution >= 0.6 is 0 Å². The molecule has 26 heavy (non-hydrogen) atoms. The summed E-state index contributed by atoms with van der Waals surface area (Å²) in [5.41, 5.74) is -1.03. The molecule has 0 unspecified atom stereocenters. The lowest BCUT2D eigenvalue weighted by Crippen LogP contribution is -2.28. The molecule has 5 nitrogen and oxygen atoms in total. The van der Waals surface area contributed by atoms with Gasteiger partial charge in [0.1, 0.15) is 0 Å². The van der Waals surface area contributed by atoms with Crippen LogP contribution in [0.15, 0.2) is 42.7 Å². The first-order valence-corrected chi connectivity index (χ1v) is 8.08. The number of pyridine rings is 1. The molecule has 2 amide bonds. The Bertz CT molecular complexity index is 830. The van der Waals surface area contributed by atoms with Gasteiger partial charge in [-0.2, -0.15) is 13.2 Å². The normalized spacial score (nSPS) is 14.3. The Morgan fingerprint density at radius 1 is 1.04 bits per heavy atom. The molecule has 1 aliphatic rings. The predicted molar refractivity (Wildman–Crippen MR) is 88.8 cm³/mol. The predicted octanol–water partition coefficient (Wildman–Crippen LogP) is 3.59. The number of amides is 2. The minimum atomic E-state index is -4.59. The Labute approximate surface area is 147 Å². The standard InChI is InChI=1S/C18H16F3N3O2/c19-18(20,21)14-5-1-2-6-15(14)23-16(25)12-9-13(11-22-10-12)17(26)24-7-3-4-8-24/h1-2,5-6,9-11H,3-4,7-8H2,(H,23,25). The molecule has 3 rings (SSSR count). The number of hydrogen-bond donors (Lipinski definition) is 1. The highest BCUT2D eigenvalue weighted by molar-refractivity contribution is 6.06. The Hall–Kier alpha value is -2.90. The molecule has 1 saturated heterocycles. The van der Waals surface area contributed by atoms with Crippen molar-refractivity contribution in [3.63, 3.8) is 0 Å². The summed E-state index contributed by atoms with van der Waals surface area (Å²) in [5, 5.41) is 2.25. The Kier molecular flexibility index (Phi) is 4.92. The fraction of sp³-hybridized carbons (Fsp3) is 0.278. The summed E-state index contributed by atoms with van der Waals surface area (Å²) in [6.07, 6.45) is -0.176. The van der Waals surface area contributed by atoms with Crippen molar-refractivity contribution >= 4 is 17.5 Å². The monoisotopic (exact) mass is 363 g/mol. The van der Waals surface area contributed by atoms with Gasteiger partial charge in [-0.25, -0.2) is 0 Å². The van der Waals surface area contributed by atoms with Gasteiger partial charge >= 0.3 is 6.18 Å². The largest absolute Gasteiger partial charge is 0.418 e. The molecule has 0 atom stereocenters. The summed E-state index contributed by atoms with van der Waals surface area (Å²) in [5.74, 6) is -0.995. The Morgan fingerprint density at radius 3 is 2.38 bits per heavy atom. The van der Waals surface area contributed by atoms with Gasteiger partial charge in [0, 0.05) is 25.5 Å². The molecule has 0 aliphatic carbocycles. The van der Waals surface area contributed by atoms with Crippen molar-refractivity contribution in [2.75, 3.05) is 18.4 Å². The van der Waals surface area contributed by atoms with Gasteiger partial charge in [-0.15, -0.1) is 0 Å². The summed E-state index contributed by atoms with van der Waals surface area (Å²) < 4.78 is 39.1. The number of halogens is 3. The lowest BCUT2D eigenvalue weighted by molar-refractivity contribution is -0.136. The van der Waals surface area contributed by atoms with E-state index in [0.29, 0.717) is 13.1 Å². The van der Waals surface area contributed by atoms with E-state index in [1.165, 1.54) is 36.7 Å². The number of hydrogen-bond acceptors (Lipinski definition) is 3. The van der Waals surface area contributed by atoms with Crippen molar-refractivity contribution < 1.29 is 22.8 Å². The summed E-state index contributed by atoms with van der Waals surface area (Å²) in [7, 11) is 0. The maximum atomic E-state index is 13.0. The number of carbonyl (C=O) groups is 2. The fourth-order valence-corrected chi connectivity index (χ4v) is 2.82. The SMILES string of the molecule is O=C(Nc1ccccc1C(F)(F)F)c1cncc(C(=O)N2CCCC2)c1. The Balaban J connectivity index is 1.81. The lowest BCUT2D eigenvalue weighted by atomic mass is 10.1. The van der Waals surface area contributed by atoms with Gasteiger partial charge in [-0.05, 0) is 31.0 Å². The average Bonchev–Trinajstić information content (AvgIpc) is 3.15. The van der Waals surface area contributed by atoms with Gasteiger partial charge in [0.2, 0.25) is 0 Å². The molecule has 8 heteroatoms. The van der Waals surface area contributed by atoms with Crippen molar-refractivity contribution in [1.29, 1.82) is 0 Å². The molecular weight excluding hydrogens is 347 g/mol. The van der Waals surface area contributed by atoms with E-state index >= 15 is 0 Å². The quantitative estimate of drug-likeness (QED) is 0.907. The van der Waals surface area contributed by atoms with E-state index in [2.05, 4.69) is 10.3 Å². The number of nitrogens with zero attached hydrogens (tertiary/aromatic N) is 2. The van der Waals surface area contributed by atoms with Crippen molar-refractivity contribution in [3.8, 4) is 0 Å². The minimum Gasteiger partial charge on any atom is -0.339 e. The summed E-state index contributed by atoms with van der Waals surface area (Å²) in [6.45, 7) is 1.29. The van der Waals surface area contributed by atoms with Crippen molar-refractivity contribution in [3.05, 3.63) is 59.4 Å². The highest BCUT2D eigenvalue weighted by Gasteiger charge is 2.33. The molecule has 1 aromatic heterocycles. The third-order valence-electron chi connectivity index (χ3n) is 4.12. The smallest absolute Gasteiger partial charge is 0.339 e. The van der Waals surface area contributed by atoms with Crippen LogP contribution in [-0.4, -0.2) is 34.8 Å². The zero-order chi connectivity index (χ0) is 18.7. The number of likely N-dealkylation sites (tertiary alicyclic amines) is 1. The molecule has 1 aliphatic heterocycles. The first-order chi connectivity index (χ1) is 12.4. The molecule has 1 N–H and O–H groups in total. The average molecular weight is 363 g/mol. The van der Waals surface area contributed by atoms with Gasteiger partial charge < -0.3 is 10.2 Å². The van der Waals surface area contributed by atoms with Crippen LogP contribution < -0.4 is 5.32 Å². The molecule has 2 heterocycles. The van der Waals surface area contributed by atoms with Crippen molar-refractivity contribution in [1.82, 2.24) is 9.88 Å². The number of nitrogens with one attached hydrogen (secondary N) is 1. The second-order valence-corrected chi connectivity index (χ2v) is 5.96. The number of benzene rings is 1. The van der Waals surface area contributed by atoms with Crippen LogP contribution in [0.3, 0.4) is 0 Å². The summed E-state index contributed by atoms with van der Waals surface area (Å²) >= 11 is 0. The van der Waals surface area contributed by atoms with Crippen LogP contribution in [-0.2, 0) is 6.18 Å². The van der Waals surface area contributed by atoms with Crippen LogP contribution in [0.1, 0.15) is 39.1 Å². The topological polar surface area (TPSA) is 62.3 Å². The van der Waals surface area contributed by atoms with E-state index < -0.39 is 17.6 Å². The van der Waals surface area contributed by atoms with Gasteiger partial charge in [0.15, 0.2) is 0 Å². The van der Waals surface area contributed by atoms with E-state index in [0.717, 1.165) is 18.9 Å². The van der Waals surface area contributed by atoms with E-state index in [1.807, 2.05) is 0 Å². The van der Waals surface area contributed by atoms with E-state index in [1.54, 1.807) is 4.90 Å². The third kappa shape index (κ3) is 3.84. The van der Waals surface area contributed by atoms with E-state index in [4.69, 9.17) is 0 Å². The first kappa shape index (κ1) is 17.9. The van der Waals surface area contributed by atoms with Crippen LogP contribution in [0, 0.1) is 0 Å². The number of aromatic nitrogens is 1. The second-order valence-electron chi connectivity index (χ2n) is 5.96. The molecule has 1 fully saturated rings. The molecule has 1 aromatic carbocycles. The van der Waals surface area contributed by atoms with Gasteiger partial charge in [0.05, 0.1) is 22.4 Å². The minimum absolute atomic E-state index is 0.0204. The summed E-state index contributed by atoms with van der Waals surface area (Å²) in [6, 6.07) is 6.06. The van der Waals surface area contributed by atoms with Crippen molar-refractivity contribution in [2.45, 2.75) is 19.0 Å². The van der Waals surface area contributed by atoms with Gasteiger partial charge in [-0.3, -0.25) is 14.6 Å². The molecule has 136 valence electrons. The van der Waals surface area contributed by atoms with E-state index in [-0.39, 0.29) is 22.7 Å². The van der Waals surface area contributed by atoms with Crippen LogP contribution in [0.25, 0.3) is 0 Å². The maximum absolute atomic E-state index is 13.0. The van der Waals surface area contributed by atoms with Gasteiger partial charge in [-0.1, -0.05) is 12.1 Å². The van der Waals surface area contributed by atoms with Crippen LogP contribution in [0.2, 0.25) is 0 Å². The molecule has 0 bridgehead atoms. The second kappa shape index (κ2) is 7.15. The van der Waals surface area contributed by atoms with Gasteiger partial charge in [0.25, 0.3) is 11.8 Å². The number of alkyl halides is 3. The zero-order valence-corrected chi connectivity index (χ0v) is 13.7. The molecular formula is C18H16F3N3O2. The number of carbonyl (C=O) groups excluding carboxylic acids is 2. The third-order valence-corrected chi connectivity index (χ3v) is 4.12. The fourth-order valence-electron chi connectivity index (χ4n) is 2.82. The maximum Gasteiger partial charge on any atom is 0.418 e. The number of rotatable bonds is 3. The number of anilines is 1. The molecule has 0 spiro atoms. The zero-order valence-electron chi connectivity index (χ0n) is 13.7. The molecule has 2 aromatic rings.